The lowest BCUT2D eigenvalue weighted by Crippen LogP contribution is -2.63. The van der Waals surface area contributed by atoms with E-state index in [1.54, 1.807) is 7.11 Å². The Balaban J connectivity index is 1.18. The number of carbonyl (C=O) groups is 1. The molecule has 4 saturated carbocycles. The fourth-order valence-corrected chi connectivity index (χ4v) is 10.0. The minimum absolute atomic E-state index is 0.0322. The molecule has 1 saturated heterocycles. The first-order valence-corrected chi connectivity index (χ1v) is 14.9. The van der Waals surface area contributed by atoms with Gasteiger partial charge in [0.15, 0.2) is 6.29 Å². The van der Waals surface area contributed by atoms with Crippen LogP contribution < -0.4 is 0 Å². The number of rotatable bonds is 5. The number of fused-ring (bicyclic) bond motifs is 5. The molecule has 0 bridgehead atoms. The molecule has 2 N–H and O–H groups in total. The molecule has 4 aliphatic carbocycles. The molecule has 6 aliphatic rings. The Hall–Kier alpha value is -1.25. The Morgan fingerprint density at radius 1 is 1.11 bits per heavy atom. The van der Waals surface area contributed by atoms with Crippen molar-refractivity contribution in [2.75, 3.05) is 13.7 Å². The number of hydrogen-bond donors (Lipinski definition) is 2. The van der Waals surface area contributed by atoms with Crippen molar-refractivity contribution in [2.45, 2.75) is 114 Å². The maximum absolute atomic E-state index is 13.0. The van der Waals surface area contributed by atoms with Crippen molar-refractivity contribution in [3.05, 3.63) is 24.0 Å². The zero-order valence-electron chi connectivity index (χ0n) is 23.3. The Kier molecular flexibility index (Phi) is 6.87. The monoisotopic (exact) mass is 530 g/mol. The fourth-order valence-electron chi connectivity index (χ4n) is 10.0. The van der Waals surface area contributed by atoms with Crippen LogP contribution in [0.5, 0.6) is 0 Å². The molecular formula is C31H46O7. The number of aliphatic hydroxyl groups excluding tert-OH is 1. The lowest BCUT2D eigenvalue weighted by molar-refractivity contribution is -0.272. The number of aliphatic hydroxyl groups is 2. The van der Waals surface area contributed by atoms with E-state index < -0.39 is 18.0 Å². The summed E-state index contributed by atoms with van der Waals surface area (Å²) in [6.45, 7) is 8.72. The molecule has 38 heavy (non-hydrogen) atoms. The van der Waals surface area contributed by atoms with Crippen LogP contribution >= 0.6 is 0 Å². The highest BCUT2D eigenvalue weighted by molar-refractivity contribution is 5.62. The zero-order chi connectivity index (χ0) is 26.9. The lowest BCUT2D eigenvalue weighted by atomic mass is 9.43. The second-order valence-electron chi connectivity index (χ2n) is 13.5. The molecular weight excluding hydrogens is 484 g/mol. The van der Waals surface area contributed by atoms with Gasteiger partial charge in [0.2, 0.25) is 0 Å². The van der Waals surface area contributed by atoms with E-state index in [9.17, 15) is 15.0 Å². The van der Waals surface area contributed by atoms with Gasteiger partial charge in [0, 0.05) is 24.4 Å². The highest BCUT2D eigenvalue weighted by Gasteiger charge is 2.68. The third-order valence-electron chi connectivity index (χ3n) is 12.1. The van der Waals surface area contributed by atoms with Crippen LogP contribution in [0.1, 0.15) is 78.1 Å². The van der Waals surface area contributed by atoms with Crippen molar-refractivity contribution in [3.63, 3.8) is 0 Å². The number of hydrogen-bond acceptors (Lipinski definition) is 7. The van der Waals surface area contributed by atoms with E-state index in [1.807, 2.05) is 6.92 Å². The predicted molar refractivity (Wildman–Crippen MR) is 141 cm³/mol. The number of carbonyl (C=O) groups excluding carboxylic acids is 1. The molecule has 0 spiro atoms. The topological polar surface area (TPSA) is 94.5 Å². The van der Waals surface area contributed by atoms with Gasteiger partial charge in [0.1, 0.15) is 24.8 Å². The number of allylic oxidation sites excluding steroid dienone is 1. The Labute approximate surface area is 226 Å². The van der Waals surface area contributed by atoms with E-state index in [2.05, 4.69) is 19.6 Å². The first-order chi connectivity index (χ1) is 18.1. The van der Waals surface area contributed by atoms with E-state index in [4.69, 9.17) is 18.9 Å². The van der Waals surface area contributed by atoms with Crippen LogP contribution in [0.3, 0.4) is 0 Å². The second-order valence-corrected chi connectivity index (χ2v) is 13.5. The summed E-state index contributed by atoms with van der Waals surface area (Å²) >= 11 is 0. The molecule has 0 aromatic rings. The largest absolute Gasteiger partial charge is 0.490 e. The van der Waals surface area contributed by atoms with Gasteiger partial charge in [0.25, 0.3) is 0 Å². The van der Waals surface area contributed by atoms with Crippen molar-refractivity contribution < 1.29 is 34.0 Å². The van der Waals surface area contributed by atoms with E-state index in [0.29, 0.717) is 18.9 Å². The molecule has 12 atom stereocenters. The molecule has 0 amide bonds. The smallest absolute Gasteiger partial charge is 0.161 e. The molecule has 0 aromatic heterocycles. The van der Waals surface area contributed by atoms with Crippen LogP contribution in [0, 0.1) is 34.5 Å². The van der Waals surface area contributed by atoms with Crippen molar-refractivity contribution in [1.29, 1.82) is 0 Å². The van der Waals surface area contributed by atoms with Gasteiger partial charge in [-0.25, -0.2) is 0 Å². The quantitative estimate of drug-likeness (QED) is 0.404. The molecule has 2 heterocycles. The van der Waals surface area contributed by atoms with Crippen LogP contribution in [0.2, 0.25) is 0 Å². The van der Waals surface area contributed by atoms with Crippen molar-refractivity contribution in [1.82, 2.24) is 0 Å². The van der Waals surface area contributed by atoms with Gasteiger partial charge in [-0.1, -0.05) is 13.5 Å². The maximum Gasteiger partial charge on any atom is 0.161 e. The number of ether oxygens (including phenoxy) is 4. The summed E-state index contributed by atoms with van der Waals surface area (Å²) in [5.41, 5.74) is -0.0379. The van der Waals surface area contributed by atoms with Gasteiger partial charge in [-0.2, -0.15) is 0 Å². The summed E-state index contributed by atoms with van der Waals surface area (Å²) in [5.74, 6) is 1.69. The highest BCUT2D eigenvalue weighted by Crippen LogP contribution is 2.69. The molecule has 12 unspecified atom stereocenters. The first kappa shape index (κ1) is 26.9. The summed E-state index contributed by atoms with van der Waals surface area (Å²) < 4.78 is 23.6. The van der Waals surface area contributed by atoms with Crippen LogP contribution in [0.4, 0.5) is 0 Å². The number of aldehydes is 1. The highest BCUT2D eigenvalue weighted by atomic mass is 16.7. The predicted octanol–water partition coefficient (Wildman–Crippen LogP) is 4.31. The molecule has 0 radical (unpaired) electrons. The van der Waals surface area contributed by atoms with Gasteiger partial charge in [-0.3, -0.25) is 0 Å². The Morgan fingerprint density at radius 2 is 1.92 bits per heavy atom. The zero-order valence-corrected chi connectivity index (χ0v) is 23.3. The van der Waals surface area contributed by atoms with Gasteiger partial charge in [-0.15, -0.1) is 0 Å². The van der Waals surface area contributed by atoms with Gasteiger partial charge in [0.05, 0.1) is 23.9 Å². The van der Waals surface area contributed by atoms with Crippen LogP contribution in [0.15, 0.2) is 24.0 Å². The molecule has 0 aromatic carbocycles. The van der Waals surface area contributed by atoms with Crippen molar-refractivity contribution in [2.24, 2.45) is 34.5 Å². The third kappa shape index (κ3) is 3.90. The van der Waals surface area contributed by atoms with Crippen molar-refractivity contribution in [3.8, 4) is 0 Å². The van der Waals surface area contributed by atoms with E-state index >= 15 is 0 Å². The Morgan fingerprint density at radius 3 is 2.63 bits per heavy atom. The molecule has 2 aliphatic heterocycles. The van der Waals surface area contributed by atoms with E-state index in [0.717, 1.165) is 63.5 Å². The summed E-state index contributed by atoms with van der Waals surface area (Å²) in [6.07, 6.45) is 10.3. The van der Waals surface area contributed by atoms with Crippen LogP contribution in [-0.4, -0.2) is 66.5 Å². The molecule has 7 nitrogen and oxygen atoms in total. The summed E-state index contributed by atoms with van der Waals surface area (Å²) in [5, 5.41) is 22.8. The van der Waals surface area contributed by atoms with Gasteiger partial charge in [-0.05, 0) is 100 Å². The average Bonchev–Trinajstić information content (AvgIpc) is 3.45. The summed E-state index contributed by atoms with van der Waals surface area (Å²) in [7, 11) is 1.62. The van der Waals surface area contributed by atoms with Crippen LogP contribution in [0.25, 0.3) is 0 Å². The summed E-state index contributed by atoms with van der Waals surface area (Å²) in [4.78, 5) is 13.0. The van der Waals surface area contributed by atoms with Crippen molar-refractivity contribution >= 4 is 6.29 Å². The third-order valence-corrected chi connectivity index (χ3v) is 12.1. The van der Waals surface area contributed by atoms with Gasteiger partial charge >= 0.3 is 0 Å². The average molecular weight is 531 g/mol. The molecule has 212 valence electrons. The van der Waals surface area contributed by atoms with Crippen LogP contribution in [-0.2, 0) is 23.7 Å². The normalized spacial score (nSPS) is 52.4. The number of methoxy groups -OCH3 is 1. The van der Waals surface area contributed by atoms with E-state index in [1.165, 1.54) is 11.9 Å². The standard InChI is InChI=1S/C31H46O7/c1-18-13-20(16-36-18)23-9-12-31(34)25-6-5-21-14-22(38-27-15-26(35-4)28(33)19(2)37-27)7-11-30(21,17-32)24(25)8-10-29(23,31)3/h13,17,19,21-28,33-34H,1,5-12,14-16H2,2-4H3. The fraction of sp³-hybridized carbons (Fsp3) is 0.839. The minimum Gasteiger partial charge on any atom is -0.490 e. The summed E-state index contributed by atoms with van der Waals surface area (Å²) in [6, 6.07) is 0. The van der Waals surface area contributed by atoms with E-state index in [-0.39, 0.29) is 46.9 Å². The Bertz CT molecular complexity index is 979. The molecule has 7 heteroatoms. The molecule has 6 rings (SSSR count). The minimum atomic E-state index is -0.748. The second kappa shape index (κ2) is 9.69. The SMILES string of the molecule is C=C1C=C(C2CCC3(O)C4CCC5CC(OC6CC(OC)C(O)C(C)O6)CCC5(C=O)C4CCC23C)CO1. The maximum atomic E-state index is 13.0. The lowest BCUT2D eigenvalue weighted by Gasteiger charge is -2.63. The molecule has 5 fully saturated rings. The van der Waals surface area contributed by atoms with Gasteiger partial charge < -0.3 is 34.0 Å². The first-order valence-electron chi connectivity index (χ1n) is 14.9.